The summed E-state index contributed by atoms with van der Waals surface area (Å²) in [5.41, 5.74) is 4.51. The van der Waals surface area contributed by atoms with Gasteiger partial charge in [-0.3, -0.25) is 9.52 Å². The molecule has 3 aromatic rings. The fourth-order valence-electron chi connectivity index (χ4n) is 2.90. The predicted octanol–water partition coefficient (Wildman–Crippen LogP) is 4.47. The Morgan fingerprint density at radius 1 is 1.10 bits per heavy atom. The number of aromatic nitrogens is 2. The van der Waals surface area contributed by atoms with Crippen molar-refractivity contribution in [2.75, 3.05) is 11.0 Å². The number of ketones is 1. The van der Waals surface area contributed by atoms with Crippen molar-refractivity contribution >= 4 is 39.2 Å². The van der Waals surface area contributed by atoms with Crippen molar-refractivity contribution in [3.63, 3.8) is 0 Å². The van der Waals surface area contributed by atoms with E-state index in [-0.39, 0.29) is 5.78 Å². The van der Waals surface area contributed by atoms with Crippen LogP contribution in [0, 0.1) is 13.8 Å². The van der Waals surface area contributed by atoms with Gasteiger partial charge in [-0.2, -0.15) is 5.10 Å². The van der Waals surface area contributed by atoms with Gasteiger partial charge in [-0.1, -0.05) is 41.4 Å². The topological polar surface area (TPSA) is 81.1 Å². The van der Waals surface area contributed by atoms with Crippen molar-refractivity contribution in [3.05, 3.63) is 87.7 Å². The van der Waals surface area contributed by atoms with Crippen molar-refractivity contribution in [2.24, 2.45) is 0 Å². The number of nitrogens with zero attached hydrogens (tertiary/aromatic N) is 2. The van der Waals surface area contributed by atoms with Crippen LogP contribution >= 0.6 is 11.6 Å². The number of rotatable bonds is 7. The first-order chi connectivity index (χ1) is 14.1. The van der Waals surface area contributed by atoms with Crippen LogP contribution in [0.15, 0.2) is 54.6 Å². The molecule has 8 heteroatoms. The second kappa shape index (κ2) is 8.85. The number of benzene rings is 2. The molecule has 0 aliphatic rings. The quantitative estimate of drug-likeness (QED) is 0.431. The molecule has 2 aromatic carbocycles. The SMILES string of the molecule is Cc1ccc(Cn2nc(C)c(/C=C/C(=O)c3ccc(NS(C)(=O)=O)cc3)c2Cl)cc1. The second-order valence-electron chi connectivity index (χ2n) is 7.08. The third-order valence-electron chi connectivity index (χ3n) is 4.44. The summed E-state index contributed by atoms with van der Waals surface area (Å²) in [4.78, 5) is 12.5. The van der Waals surface area contributed by atoms with Gasteiger partial charge in [0.1, 0.15) is 5.15 Å². The van der Waals surface area contributed by atoms with Gasteiger partial charge >= 0.3 is 0 Å². The van der Waals surface area contributed by atoms with Crippen molar-refractivity contribution in [1.29, 1.82) is 0 Å². The zero-order valence-electron chi connectivity index (χ0n) is 16.9. The van der Waals surface area contributed by atoms with Crippen molar-refractivity contribution < 1.29 is 13.2 Å². The monoisotopic (exact) mass is 443 g/mol. The maximum absolute atomic E-state index is 12.5. The van der Waals surface area contributed by atoms with Crippen LogP contribution in [0.4, 0.5) is 5.69 Å². The van der Waals surface area contributed by atoms with E-state index in [0.717, 1.165) is 17.5 Å². The highest BCUT2D eigenvalue weighted by molar-refractivity contribution is 7.92. The molecule has 0 aliphatic heterocycles. The van der Waals surface area contributed by atoms with E-state index in [4.69, 9.17) is 11.6 Å². The Bertz CT molecular complexity index is 1200. The van der Waals surface area contributed by atoms with E-state index in [1.165, 1.54) is 11.6 Å². The van der Waals surface area contributed by atoms with Gasteiger partial charge in [-0.25, -0.2) is 13.1 Å². The first-order valence-electron chi connectivity index (χ1n) is 9.21. The molecule has 0 aliphatic carbocycles. The lowest BCUT2D eigenvalue weighted by molar-refractivity contribution is 0.104. The molecule has 1 heterocycles. The summed E-state index contributed by atoms with van der Waals surface area (Å²) in [7, 11) is -3.36. The Morgan fingerprint density at radius 3 is 2.33 bits per heavy atom. The number of nitrogens with one attached hydrogen (secondary N) is 1. The van der Waals surface area contributed by atoms with Gasteiger partial charge in [0, 0.05) is 16.8 Å². The lowest BCUT2D eigenvalue weighted by Gasteiger charge is -2.04. The van der Waals surface area contributed by atoms with E-state index in [9.17, 15) is 13.2 Å². The molecule has 1 aromatic heterocycles. The van der Waals surface area contributed by atoms with E-state index >= 15 is 0 Å². The molecular formula is C22H22ClN3O3S. The Morgan fingerprint density at radius 2 is 1.73 bits per heavy atom. The minimum Gasteiger partial charge on any atom is -0.289 e. The van der Waals surface area contributed by atoms with E-state index in [1.54, 1.807) is 35.0 Å². The number of hydrogen-bond donors (Lipinski definition) is 1. The van der Waals surface area contributed by atoms with Crippen molar-refractivity contribution in [1.82, 2.24) is 9.78 Å². The second-order valence-corrected chi connectivity index (χ2v) is 9.19. The minimum absolute atomic E-state index is 0.220. The summed E-state index contributed by atoms with van der Waals surface area (Å²) in [6.45, 7) is 4.41. The van der Waals surface area contributed by atoms with Crippen molar-refractivity contribution in [3.8, 4) is 0 Å². The molecule has 0 radical (unpaired) electrons. The smallest absolute Gasteiger partial charge is 0.229 e. The van der Waals surface area contributed by atoms with Gasteiger partial charge in [0.15, 0.2) is 5.78 Å². The molecule has 156 valence electrons. The molecule has 0 unspecified atom stereocenters. The Kier molecular flexibility index (Phi) is 6.43. The molecule has 0 fully saturated rings. The molecule has 0 bridgehead atoms. The molecular weight excluding hydrogens is 422 g/mol. The van der Waals surface area contributed by atoms with Crippen LogP contribution in [0.2, 0.25) is 5.15 Å². The summed E-state index contributed by atoms with van der Waals surface area (Å²) >= 11 is 6.50. The number of sulfonamides is 1. The number of hydrogen-bond acceptors (Lipinski definition) is 4. The lowest BCUT2D eigenvalue weighted by Crippen LogP contribution is -2.09. The standard InChI is InChI=1S/C22H22ClN3O3S/c1-15-4-6-17(7-5-15)14-26-22(23)20(16(2)24-26)12-13-21(27)18-8-10-19(11-9-18)25-30(3,28)29/h4-13,25H,14H2,1-3H3/b13-12+. The van der Waals surface area contributed by atoms with Crippen LogP contribution < -0.4 is 4.72 Å². The third-order valence-corrected chi connectivity index (χ3v) is 5.44. The van der Waals surface area contributed by atoms with Gasteiger partial charge in [-0.05, 0) is 55.8 Å². The first-order valence-corrected chi connectivity index (χ1v) is 11.5. The minimum atomic E-state index is -3.36. The van der Waals surface area contributed by atoms with Gasteiger partial charge < -0.3 is 0 Å². The van der Waals surface area contributed by atoms with Gasteiger partial charge in [-0.15, -0.1) is 0 Å². The molecule has 0 amide bonds. The average molecular weight is 444 g/mol. The third kappa shape index (κ3) is 5.58. The maximum Gasteiger partial charge on any atom is 0.229 e. The zero-order chi connectivity index (χ0) is 21.9. The molecule has 0 atom stereocenters. The summed E-state index contributed by atoms with van der Waals surface area (Å²) in [6, 6.07) is 14.4. The molecule has 6 nitrogen and oxygen atoms in total. The fraction of sp³-hybridized carbons (Fsp3) is 0.182. The van der Waals surface area contributed by atoms with Crippen molar-refractivity contribution in [2.45, 2.75) is 20.4 Å². The molecule has 0 spiro atoms. The number of allylic oxidation sites excluding steroid dienone is 1. The maximum atomic E-state index is 12.5. The molecule has 0 saturated carbocycles. The first kappa shape index (κ1) is 21.8. The summed E-state index contributed by atoms with van der Waals surface area (Å²) in [6.07, 6.45) is 4.16. The Hall–Kier alpha value is -2.90. The lowest BCUT2D eigenvalue weighted by atomic mass is 10.1. The molecule has 3 rings (SSSR count). The normalized spacial score (nSPS) is 11.7. The van der Waals surface area contributed by atoms with Gasteiger partial charge in [0.05, 0.1) is 18.5 Å². The van der Waals surface area contributed by atoms with E-state index < -0.39 is 10.0 Å². The van der Waals surface area contributed by atoms with Crippen LogP contribution in [-0.4, -0.2) is 30.2 Å². The fourth-order valence-corrected chi connectivity index (χ4v) is 3.76. The largest absolute Gasteiger partial charge is 0.289 e. The van der Waals surface area contributed by atoms with Crippen LogP contribution in [-0.2, 0) is 16.6 Å². The van der Waals surface area contributed by atoms with Crippen LogP contribution in [0.5, 0.6) is 0 Å². The summed E-state index contributed by atoms with van der Waals surface area (Å²) < 4.78 is 26.6. The van der Waals surface area contributed by atoms with Gasteiger partial charge in [0.2, 0.25) is 10.0 Å². The Balaban J connectivity index is 1.74. The molecule has 30 heavy (non-hydrogen) atoms. The van der Waals surface area contributed by atoms with Gasteiger partial charge in [0.25, 0.3) is 0 Å². The van der Waals surface area contributed by atoms with E-state index in [0.29, 0.717) is 28.5 Å². The number of carbonyl (C=O) groups excluding carboxylic acids is 1. The highest BCUT2D eigenvalue weighted by Gasteiger charge is 2.12. The molecule has 0 saturated heterocycles. The highest BCUT2D eigenvalue weighted by Crippen LogP contribution is 2.23. The summed E-state index contributed by atoms with van der Waals surface area (Å²) in [5.74, 6) is -0.220. The average Bonchev–Trinajstić information content (AvgIpc) is 2.94. The number of carbonyl (C=O) groups is 1. The zero-order valence-corrected chi connectivity index (χ0v) is 18.5. The van der Waals surface area contributed by atoms with Crippen LogP contribution in [0.25, 0.3) is 6.08 Å². The van der Waals surface area contributed by atoms with Crippen LogP contribution in [0.3, 0.4) is 0 Å². The number of anilines is 1. The highest BCUT2D eigenvalue weighted by atomic mass is 35.5. The summed E-state index contributed by atoms with van der Waals surface area (Å²) in [5, 5.41) is 4.94. The van der Waals surface area contributed by atoms with Crippen LogP contribution in [0.1, 0.15) is 32.7 Å². The Labute approximate surface area is 181 Å². The number of aryl methyl sites for hydroxylation is 2. The number of halogens is 1. The van der Waals surface area contributed by atoms with E-state index in [1.807, 2.05) is 38.1 Å². The molecule has 1 N–H and O–H groups in total. The predicted molar refractivity (Wildman–Crippen MR) is 121 cm³/mol. The van der Waals surface area contributed by atoms with E-state index in [2.05, 4.69) is 9.82 Å².